The van der Waals surface area contributed by atoms with Gasteiger partial charge in [0, 0.05) is 123 Å². The van der Waals surface area contributed by atoms with E-state index in [1.54, 1.807) is 85.5 Å². The minimum absolute atomic E-state index is 0.0367. The number of piperazine rings is 2. The molecule has 2 saturated heterocycles. The number of ketones is 3. The maximum Gasteiger partial charge on any atom is 0.257 e. The molecular weight excluding hydrogens is 1330 g/mol. The predicted octanol–water partition coefficient (Wildman–Crippen LogP) is 12.7. The molecule has 106 heavy (non-hydrogen) atoms. The van der Waals surface area contributed by atoms with E-state index in [1.165, 1.54) is 11.8 Å². The fourth-order valence-electron chi connectivity index (χ4n) is 14.6. The summed E-state index contributed by atoms with van der Waals surface area (Å²) in [5.74, 6) is 0.548. The molecule has 6 N–H and O–H groups in total. The Morgan fingerprint density at radius 3 is 1.56 bits per heavy atom. The van der Waals surface area contributed by atoms with Crippen LogP contribution in [0.4, 0.5) is 22.7 Å². The largest absolute Gasteiger partial charge is 0.508 e. The number of allylic oxidation sites excluding steroid dienone is 5. The van der Waals surface area contributed by atoms with E-state index in [9.17, 15) is 44.4 Å². The average Bonchev–Trinajstić information content (AvgIpc) is 1.69. The molecule has 7 aliphatic rings. The van der Waals surface area contributed by atoms with E-state index in [-0.39, 0.29) is 82.8 Å². The number of nitrogens with one attached hydrogen (secondary N) is 2. The number of nitrogens with zero attached hydrogens (tertiary/aromatic N) is 8. The predicted molar refractivity (Wildman–Crippen MR) is 414 cm³/mol. The average molecular weight is 1410 g/mol. The van der Waals surface area contributed by atoms with E-state index in [0.717, 1.165) is 88.0 Å². The quantitative estimate of drug-likeness (QED) is 0.0494. The van der Waals surface area contributed by atoms with E-state index in [4.69, 9.17) is 0 Å². The first-order chi connectivity index (χ1) is 51.4. The van der Waals surface area contributed by atoms with E-state index < -0.39 is 0 Å². The number of carbonyl (C=O) groups is 5. The molecule has 2 fully saturated rings. The Morgan fingerprint density at radius 1 is 0.481 bits per heavy atom. The number of para-hydroxylation sites is 2. The summed E-state index contributed by atoms with van der Waals surface area (Å²) in [6.07, 6.45) is 12.3. The van der Waals surface area contributed by atoms with Gasteiger partial charge in [0.25, 0.3) is 11.8 Å². The lowest BCUT2D eigenvalue weighted by Gasteiger charge is -2.44. The smallest absolute Gasteiger partial charge is 0.257 e. The van der Waals surface area contributed by atoms with Gasteiger partial charge in [-0.05, 0) is 131 Å². The van der Waals surface area contributed by atoms with Crippen LogP contribution < -0.4 is 30.2 Å². The van der Waals surface area contributed by atoms with Crippen molar-refractivity contribution in [1.29, 1.82) is 0 Å². The highest BCUT2D eigenvalue weighted by molar-refractivity contribution is 6.23. The number of Topliss-reactive ketones (excluding diaryl/α,β-unsaturated/α-hetero) is 2. The summed E-state index contributed by atoms with van der Waals surface area (Å²) in [6.45, 7) is 17.3. The van der Waals surface area contributed by atoms with E-state index in [0.29, 0.717) is 73.6 Å². The van der Waals surface area contributed by atoms with Crippen molar-refractivity contribution in [2.45, 2.75) is 62.9 Å². The van der Waals surface area contributed by atoms with Gasteiger partial charge in [0.2, 0.25) is 0 Å². The zero-order valence-electron chi connectivity index (χ0n) is 58.6. The number of hydrogen-bond donors (Lipinski definition) is 6. The molecule has 0 radical (unpaired) electrons. The van der Waals surface area contributed by atoms with E-state index in [2.05, 4.69) is 96.3 Å². The molecule has 2 aliphatic carbocycles. The van der Waals surface area contributed by atoms with Crippen LogP contribution in [0.3, 0.4) is 0 Å². The molecule has 4 unspecified atom stereocenters. The number of benzene rings is 8. The molecule has 0 saturated carbocycles. The molecule has 6 heterocycles. The van der Waals surface area contributed by atoms with Crippen LogP contribution in [-0.2, 0) is 43.5 Å². The van der Waals surface area contributed by atoms with Gasteiger partial charge in [-0.25, -0.2) is 4.98 Å². The molecule has 2 amide bonds. The minimum Gasteiger partial charge on any atom is -0.508 e. The number of anilines is 4. The normalized spacial score (nSPS) is 19.0. The number of phenols is 4. The number of aliphatic imine (C=N–C) groups is 1. The Balaban J connectivity index is 0.000000125. The van der Waals surface area contributed by atoms with Crippen LogP contribution in [0.5, 0.6) is 23.0 Å². The highest BCUT2D eigenvalue weighted by Crippen LogP contribution is 2.38. The topological polar surface area (TPSA) is 237 Å². The fraction of sp³-hybridized carbons (Fsp3) is 0.184. The van der Waals surface area contributed by atoms with Crippen molar-refractivity contribution in [3.05, 3.63) is 336 Å². The Morgan fingerprint density at radius 2 is 1.01 bits per heavy atom. The molecule has 0 bridgehead atoms. The number of aromatic hydroxyl groups is 4. The van der Waals surface area contributed by atoms with Gasteiger partial charge < -0.3 is 60.1 Å². The van der Waals surface area contributed by atoms with Crippen molar-refractivity contribution in [2.75, 3.05) is 58.9 Å². The van der Waals surface area contributed by atoms with Gasteiger partial charge in [-0.1, -0.05) is 159 Å². The zero-order valence-corrected chi connectivity index (χ0v) is 58.6. The van der Waals surface area contributed by atoms with Gasteiger partial charge in [-0.3, -0.25) is 29.0 Å². The van der Waals surface area contributed by atoms with Crippen LogP contribution >= 0.6 is 0 Å². The summed E-state index contributed by atoms with van der Waals surface area (Å²) >= 11 is 0. The van der Waals surface area contributed by atoms with Crippen LogP contribution in [0.1, 0.15) is 58.9 Å². The number of aromatic nitrogens is 2. The lowest BCUT2D eigenvalue weighted by molar-refractivity contribution is -0.121. The van der Waals surface area contributed by atoms with Gasteiger partial charge in [-0.15, -0.1) is 0 Å². The van der Waals surface area contributed by atoms with Crippen LogP contribution in [0.25, 0.3) is 5.57 Å². The summed E-state index contributed by atoms with van der Waals surface area (Å²) < 4.78 is 1.94. The first-order valence-electron chi connectivity index (χ1n) is 35.3. The molecule has 19 heteroatoms. The van der Waals surface area contributed by atoms with Gasteiger partial charge in [-0.2, -0.15) is 0 Å². The second-order valence-electron chi connectivity index (χ2n) is 27.0. The highest BCUT2D eigenvalue weighted by Gasteiger charge is 2.41. The van der Waals surface area contributed by atoms with Crippen LogP contribution in [0, 0.1) is 0 Å². The number of rotatable bonds is 16. The molecule has 534 valence electrons. The molecular formula is C87H82N10O9. The SMILES string of the molecule is C=C1C=C(C2C(c3ccccc3)N=CN2Cc2cccc(O)c2)C(=O)N1.C=C1C=C(CC2CN(c3ccccc3)CCN2c2cccc(O)c2)C(=O)C1.C=C1C=C(c2c(Cc3ccccc3)ncn2Cc2cccc(O)c2)C(=O)N1.O=C1C=C(C2CN(c3ccccc3)CCN2c2cccc(O)c2)C(=O)C1. The van der Waals surface area contributed by atoms with Crippen molar-refractivity contribution >= 4 is 63.8 Å². The van der Waals surface area contributed by atoms with Crippen LogP contribution in [-0.4, -0.2) is 128 Å². The standard InChI is InChI=1S/C23H24N2O2.C22H19N3O2.C21H19N3O2.C21H20N2O3/c1-17-12-18(23(27)13-17)14-21-16-24(19-6-3-2-4-7-19)10-11-25(21)20-8-5-9-22(26)15-20;1-15-10-19(22(27)24-15)21-20(12-16-6-3-2-4-7-16)23-14-25(21)13-17-8-5-9-18(26)11-17;1-14-10-18(21(26)23-14)20-19(16-7-3-2-4-8-16)22-13-24(20)12-15-6-5-9-17(25)11-15;24-17-8-4-7-16(11-17)23-10-9-22(15-5-2-1-3-6-15)14-20(23)19-12-18(25)13-21(19)26/h2-9,12,15,21,26H,1,10-11,13-14,16H2;2-11,14,26H,1,12-13H2,(H,24,27);2-11,13,19-20,25H,1,12H2,(H,23,26);1-8,11-12,20,24H,9-10,13-14H2. The highest BCUT2D eigenvalue weighted by atomic mass is 16.3. The van der Waals surface area contributed by atoms with Crippen molar-refractivity contribution in [3.8, 4) is 23.0 Å². The lowest BCUT2D eigenvalue weighted by atomic mass is 9.93. The lowest BCUT2D eigenvalue weighted by Crippen LogP contribution is -2.55. The summed E-state index contributed by atoms with van der Waals surface area (Å²) in [5.41, 5.74) is 14.5. The molecule has 19 nitrogen and oxygen atoms in total. The Hall–Kier alpha value is -13.0. The molecule has 1 aromatic heterocycles. The van der Waals surface area contributed by atoms with E-state index >= 15 is 0 Å². The second kappa shape index (κ2) is 32.5. The summed E-state index contributed by atoms with van der Waals surface area (Å²) in [5, 5.41) is 44.7. The van der Waals surface area contributed by atoms with Gasteiger partial charge in [0.15, 0.2) is 17.3 Å². The van der Waals surface area contributed by atoms with Gasteiger partial charge in [0.05, 0.1) is 54.2 Å². The molecule has 4 atom stereocenters. The van der Waals surface area contributed by atoms with Crippen molar-refractivity contribution in [3.63, 3.8) is 0 Å². The maximum atomic E-state index is 12.4. The van der Waals surface area contributed by atoms with Crippen LogP contribution in [0.15, 0.2) is 307 Å². The molecule has 16 rings (SSSR count). The number of carbonyl (C=O) groups excluding carboxylic acids is 5. The fourth-order valence-corrected chi connectivity index (χ4v) is 14.6. The molecule has 0 spiro atoms. The number of imidazole rings is 1. The van der Waals surface area contributed by atoms with Gasteiger partial charge in [0.1, 0.15) is 29.0 Å². The minimum atomic E-state index is -0.223. The van der Waals surface area contributed by atoms with Crippen molar-refractivity contribution in [2.24, 2.45) is 4.99 Å². The third kappa shape index (κ3) is 17.2. The van der Waals surface area contributed by atoms with Gasteiger partial charge >= 0.3 is 0 Å². The third-order valence-corrected chi connectivity index (χ3v) is 19.5. The number of amides is 2. The molecule has 9 aromatic rings. The number of hydrogen-bond acceptors (Lipinski definition) is 16. The van der Waals surface area contributed by atoms with Crippen LogP contribution in [0.2, 0.25) is 0 Å². The number of phenolic OH excluding ortho intramolecular Hbond substituents is 4. The molecule has 8 aromatic carbocycles. The Kier molecular flexibility index (Phi) is 21.9. The zero-order chi connectivity index (χ0) is 73.8. The summed E-state index contributed by atoms with van der Waals surface area (Å²) in [4.78, 5) is 81.7. The second-order valence-corrected chi connectivity index (χ2v) is 27.0. The summed E-state index contributed by atoms with van der Waals surface area (Å²) in [7, 11) is 0. The first-order valence-corrected chi connectivity index (χ1v) is 35.3. The van der Waals surface area contributed by atoms with Crippen molar-refractivity contribution in [1.82, 2.24) is 25.1 Å². The monoisotopic (exact) mass is 1410 g/mol. The first kappa shape index (κ1) is 71.4. The maximum absolute atomic E-state index is 12.4. The van der Waals surface area contributed by atoms with Crippen molar-refractivity contribution < 1.29 is 44.4 Å². The third-order valence-electron chi connectivity index (χ3n) is 19.5. The summed E-state index contributed by atoms with van der Waals surface area (Å²) in [6, 6.07) is 68.6. The Labute approximate surface area is 616 Å². The Bertz CT molecular complexity index is 4970. The molecule has 5 aliphatic heterocycles. The van der Waals surface area contributed by atoms with E-state index in [1.807, 2.05) is 137 Å².